The summed E-state index contributed by atoms with van der Waals surface area (Å²) in [6.07, 6.45) is 3.32. The highest BCUT2D eigenvalue weighted by molar-refractivity contribution is 6.13. The van der Waals surface area contributed by atoms with E-state index in [0.29, 0.717) is 24.0 Å². The highest BCUT2D eigenvalue weighted by Gasteiger charge is 2.24. The Balaban J connectivity index is 1.64. The first kappa shape index (κ1) is 18.5. The summed E-state index contributed by atoms with van der Waals surface area (Å²) in [4.78, 5) is 16.7. The van der Waals surface area contributed by atoms with Gasteiger partial charge in [-0.25, -0.2) is 9.79 Å². The van der Waals surface area contributed by atoms with Gasteiger partial charge in [-0.3, -0.25) is 0 Å². The molecule has 0 aromatic heterocycles. The monoisotopic (exact) mass is 385 g/mol. The Hall–Kier alpha value is -3.86. The second-order valence-electron chi connectivity index (χ2n) is 6.41. The second-order valence-corrected chi connectivity index (χ2v) is 6.41. The number of hydrogen-bond donors (Lipinski definition) is 0. The van der Waals surface area contributed by atoms with Gasteiger partial charge < -0.3 is 14.2 Å². The minimum atomic E-state index is -0.487. The fourth-order valence-corrected chi connectivity index (χ4v) is 3.05. The molecule has 4 rings (SSSR count). The summed E-state index contributed by atoms with van der Waals surface area (Å²) in [5.74, 6) is 0.971. The molecule has 0 N–H and O–H groups in total. The first-order valence-corrected chi connectivity index (χ1v) is 9.11. The molecule has 0 radical (unpaired) electrons. The summed E-state index contributed by atoms with van der Waals surface area (Å²) in [5, 5.41) is 2.17. The quantitative estimate of drug-likeness (QED) is 0.349. The Morgan fingerprint density at radius 1 is 1.03 bits per heavy atom. The molecule has 144 valence electrons. The maximum atomic E-state index is 12.3. The molecule has 1 aliphatic rings. The minimum absolute atomic E-state index is 0.231. The van der Waals surface area contributed by atoms with Gasteiger partial charge in [0.05, 0.1) is 7.11 Å². The van der Waals surface area contributed by atoms with Crippen LogP contribution in [0.4, 0.5) is 0 Å². The molecule has 0 amide bonds. The van der Waals surface area contributed by atoms with E-state index >= 15 is 0 Å². The van der Waals surface area contributed by atoms with Crippen molar-refractivity contribution in [2.75, 3.05) is 13.7 Å². The molecule has 5 heteroatoms. The second kappa shape index (κ2) is 8.02. The van der Waals surface area contributed by atoms with Gasteiger partial charge in [0, 0.05) is 5.56 Å². The molecule has 1 heterocycles. The van der Waals surface area contributed by atoms with Crippen LogP contribution in [0.3, 0.4) is 0 Å². The molecule has 0 spiro atoms. The summed E-state index contributed by atoms with van der Waals surface area (Å²) in [6.45, 7) is 4.01. The number of benzene rings is 3. The fraction of sp³-hybridized carbons (Fsp3) is 0.0833. The number of methoxy groups -OCH3 is 1. The van der Waals surface area contributed by atoms with Crippen LogP contribution in [0.25, 0.3) is 16.8 Å². The maximum Gasteiger partial charge on any atom is 0.363 e. The van der Waals surface area contributed by atoms with Crippen molar-refractivity contribution in [3.05, 3.63) is 90.1 Å². The van der Waals surface area contributed by atoms with Crippen LogP contribution in [0.1, 0.15) is 11.1 Å². The fourth-order valence-electron chi connectivity index (χ4n) is 3.05. The molecule has 0 bridgehead atoms. The Morgan fingerprint density at radius 2 is 1.86 bits per heavy atom. The molecule has 29 heavy (non-hydrogen) atoms. The Bertz CT molecular complexity index is 1160. The Morgan fingerprint density at radius 3 is 2.66 bits per heavy atom. The Labute approximate surface area is 168 Å². The zero-order chi connectivity index (χ0) is 20.2. The van der Waals surface area contributed by atoms with Gasteiger partial charge in [0.1, 0.15) is 6.61 Å². The highest BCUT2D eigenvalue weighted by atomic mass is 16.6. The summed E-state index contributed by atoms with van der Waals surface area (Å²) in [6, 6.07) is 19.2. The van der Waals surface area contributed by atoms with Gasteiger partial charge in [0.25, 0.3) is 0 Å². The van der Waals surface area contributed by atoms with E-state index in [1.807, 2.05) is 48.5 Å². The molecule has 1 aliphatic heterocycles. The van der Waals surface area contributed by atoms with Crippen molar-refractivity contribution in [2.24, 2.45) is 4.99 Å². The lowest BCUT2D eigenvalue weighted by molar-refractivity contribution is -0.129. The zero-order valence-electron chi connectivity index (χ0n) is 15.9. The summed E-state index contributed by atoms with van der Waals surface area (Å²) >= 11 is 0. The van der Waals surface area contributed by atoms with Gasteiger partial charge in [0.15, 0.2) is 17.2 Å². The van der Waals surface area contributed by atoms with Crippen LogP contribution in [-0.4, -0.2) is 25.6 Å². The van der Waals surface area contributed by atoms with E-state index in [4.69, 9.17) is 14.2 Å². The number of ether oxygens (including phenoxy) is 3. The van der Waals surface area contributed by atoms with Crippen LogP contribution in [0.15, 0.2) is 84.0 Å². The molecular formula is C24H19NO4. The van der Waals surface area contributed by atoms with Crippen molar-refractivity contribution in [3.8, 4) is 11.5 Å². The third-order valence-electron chi connectivity index (χ3n) is 4.46. The first-order valence-electron chi connectivity index (χ1n) is 9.11. The lowest BCUT2D eigenvalue weighted by atomic mass is 10.1. The normalized spacial score (nSPS) is 14.6. The third kappa shape index (κ3) is 3.89. The first-order chi connectivity index (χ1) is 14.2. The van der Waals surface area contributed by atoms with E-state index in [1.165, 1.54) is 0 Å². The number of hydrogen-bond acceptors (Lipinski definition) is 5. The molecule has 0 unspecified atom stereocenters. The molecule has 3 aromatic carbocycles. The topological polar surface area (TPSA) is 57.1 Å². The van der Waals surface area contributed by atoms with E-state index in [0.717, 1.165) is 21.9 Å². The number of carbonyl (C=O) groups excluding carboxylic acids is 1. The van der Waals surface area contributed by atoms with Crippen molar-refractivity contribution in [1.29, 1.82) is 0 Å². The van der Waals surface area contributed by atoms with Gasteiger partial charge >= 0.3 is 5.97 Å². The van der Waals surface area contributed by atoms with Gasteiger partial charge in [-0.15, -0.1) is 0 Å². The average Bonchev–Trinajstić information content (AvgIpc) is 3.12. The third-order valence-corrected chi connectivity index (χ3v) is 4.46. The molecule has 0 saturated heterocycles. The van der Waals surface area contributed by atoms with E-state index < -0.39 is 5.97 Å². The van der Waals surface area contributed by atoms with Gasteiger partial charge in [0.2, 0.25) is 5.90 Å². The molecule has 5 nitrogen and oxygen atoms in total. The van der Waals surface area contributed by atoms with Crippen LogP contribution in [-0.2, 0) is 9.53 Å². The summed E-state index contributed by atoms with van der Waals surface area (Å²) in [5.41, 5.74) is 1.74. The summed E-state index contributed by atoms with van der Waals surface area (Å²) in [7, 11) is 1.56. The average molecular weight is 385 g/mol. The number of esters is 1. The van der Waals surface area contributed by atoms with Gasteiger partial charge in [-0.1, -0.05) is 49.1 Å². The van der Waals surface area contributed by atoms with Crippen molar-refractivity contribution in [2.45, 2.75) is 0 Å². The zero-order valence-corrected chi connectivity index (χ0v) is 15.9. The molecule has 0 fully saturated rings. The van der Waals surface area contributed by atoms with Crippen LogP contribution >= 0.6 is 0 Å². The maximum absolute atomic E-state index is 12.3. The van der Waals surface area contributed by atoms with E-state index in [9.17, 15) is 4.79 Å². The number of nitrogens with zero attached hydrogens (tertiary/aromatic N) is 1. The van der Waals surface area contributed by atoms with E-state index in [1.54, 1.807) is 31.4 Å². The highest BCUT2D eigenvalue weighted by Crippen LogP contribution is 2.30. The molecule has 3 aromatic rings. The van der Waals surface area contributed by atoms with E-state index in [2.05, 4.69) is 11.6 Å². The number of carbonyl (C=O) groups is 1. The van der Waals surface area contributed by atoms with Crippen LogP contribution < -0.4 is 9.47 Å². The van der Waals surface area contributed by atoms with Gasteiger partial charge in [-0.05, 0) is 46.7 Å². The SMILES string of the molecule is C=CCOc1ccc(/C=C2\N=C(c3ccc4ccccc4c3)OC2=O)cc1OC. The predicted octanol–water partition coefficient (Wildman–Crippen LogP) is 4.76. The molecular weight excluding hydrogens is 366 g/mol. The number of cyclic esters (lactones) is 1. The smallest absolute Gasteiger partial charge is 0.363 e. The minimum Gasteiger partial charge on any atom is -0.493 e. The van der Waals surface area contributed by atoms with E-state index in [-0.39, 0.29) is 5.70 Å². The van der Waals surface area contributed by atoms with Crippen LogP contribution in [0, 0.1) is 0 Å². The van der Waals surface area contributed by atoms with Crippen molar-refractivity contribution in [1.82, 2.24) is 0 Å². The number of rotatable bonds is 6. The van der Waals surface area contributed by atoms with Crippen molar-refractivity contribution in [3.63, 3.8) is 0 Å². The molecule has 0 atom stereocenters. The lowest BCUT2D eigenvalue weighted by Gasteiger charge is -2.09. The van der Waals surface area contributed by atoms with Crippen LogP contribution in [0.5, 0.6) is 11.5 Å². The lowest BCUT2D eigenvalue weighted by Crippen LogP contribution is -2.05. The largest absolute Gasteiger partial charge is 0.493 e. The molecule has 0 saturated carbocycles. The Kier molecular flexibility index (Phi) is 5.12. The number of fused-ring (bicyclic) bond motifs is 1. The number of aliphatic imine (C=N–C) groups is 1. The van der Waals surface area contributed by atoms with Crippen LogP contribution in [0.2, 0.25) is 0 Å². The predicted molar refractivity (Wildman–Crippen MR) is 113 cm³/mol. The molecule has 0 aliphatic carbocycles. The van der Waals surface area contributed by atoms with Crippen molar-refractivity contribution >= 4 is 28.7 Å². The van der Waals surface area contributed by atoms with Gasteiger partial charge in [-0.2, -0.15) is 0 Å². The standard InChI is InChI=1S/C24H19NO4/c1-3-12-28-21-11-8-16(14-22(21)27-2)13-20-24(26)29-23(25-20)19-10-9-17-6-4-5-7-18(17)15-19/h3-11,13-15H,1,12H2,2H3/b20-13-. The summed E-state index contributed by atoms with van der Waals surface area (Å²) < 4.78 is 16.3. The van der Waals surface area contributed by atoms with Crippen molar-refractivity contribution < 1.29 is 19.0 Å².